The fraction of sp³-hybridized carbons (Fsp3) is 0.556. The third-order valence-electron chi connectivity index (χ3n) is 4.77. The van der Waals surface area contributed by atoms with Crippen LogP contribution in [0.1, 0.15) is 43.4 Å². The molecule has 2 atom stereocenters. The Labute approximate surface area is 137 Å². The molecule has 1 aliphatic heterocycles. The number of benzene rings is 1. The number of hydrogen-bond donors (Lipinski definition) is 1. The van der Waals surface area contributed by atoms with Crippen LogP contribution in [0.15, 0.2) is 24.3 Å². The zero-order valence-electron chi connectivity index (χ0n) is 13.6. The van der Waals surface area contributed by atoms with E-state index in [9.17, 15) is 9.59 Å². The van der Waals surface area contributed by atoms with Crippen molar-refractivity contribution in [2.45, 2.75) is 44.7 Å². The summed E-state index contributed by atoms with van der Waals surface area (Å²) in [5, 5.41) is 3.16. The minimum atomic E-state index is -0.517. The van der Waals surface area contributed by atoms with Crippen molar-refractivity contribution in [2.75, 3.05) is 19.8 Å². The Morgan fingerprint density at radius 3 is 2.91 bits per heavy atom. The molecule has 2 aliphatic rings. The third-order valence-corrected chi connectivity index (χ3v) is 4.77. The van der Waals surface area contributed by atoms with E-state index in [4.69, 9.17) is 4.74 Å². The summed E-state index contributed by atoms with van der Waals surface area (Å²) in [6, 6.07) is 7.83. The summed E-state index contributed by atoms with van der Waals surface area (Å²) in [6.07, 6.45) is 4.25. The molecule has 2 amide bonds. The number of fused-ring (bicyclic) bond motifs is 1. The number of carbonyl (C=O) groups excluding carboxylic acids is 2. The maximum Gasteiger partial charge on any atom is 0.245 e. The molecule has 0 radical (unpaired) electrons. The molecule has 1 aromatic rings. The van der Waals surface area contributed by atoms with Gasteiger partial charge in [-0.15, -0.1) is 0 Å². The molecule has 0 spiro atoms. The SMILES string of the molecule is CC(=O)N1CCOC[C@@H]1C(=O)N[C@@H]1CCCCc2ccccc21. The number of nitrogens with one attached hydrogen (secondary N) is 1. The highest BCUT2D eigenvalue weighted by Gasteiger charge is 2.32. The topological polar surface area (TPSA) is 58.6 Å². The Morgan fingerprint density at radius 2 is 2.09 bits per heavy atom. The number of aryl methyl sites for hydroxylation is 1. The summed E-state index contributed by atoms with van der Waals surface area (Å²) in [5.41, 5.74) is 2.53. The summed E-state index contributed by atoms with van der Waals surface area (Å²) >= 11 is 0. The zero-order chi connectivity index (χ0) is 16.2. The van der Waals surface area contributed by atoms with Gasteiger partial charge < -0.3 is 15.0 Å². The van der Waals surface area contributed by atoms with E-state index < -0.39 is 6.04 Å². The molecule has 5 nitrogen and oxygen atoms in total. The standard InChI is InChI=1S/C18H24N2O3/c1-13(21)20-10-11-23-12-17(20)18(22)19-16-9-5-3-7-14-6-2-4-8-15(14)16/h2,4,6,8,16-17H,3,5,7,9-12H2,1H3,(H,19,22)/t16-,17-/m1/s1. The molecule has 1 N–H and O–H groups in total. The quantitative estimate of drug-likeness (QED) is 0.847. The smallest absolute Gasteiger partial charge is 0.245 e. The van der Waals surface area contributed by atoms with Crippen molar-refractivity contribution in [3.05, 3.63) is 35.4 Å². The summed E-state index contributed by atoms with van der Waals surface area (Å²) in [6.45, 7) is 2.76. The van der Waals surface area contributed by atoms with Crippen LogP contribution < -0.4 is 5.32 Å². The number of hydrogen-bond acceptors (Lipinski definition) is 3. The van der Waals surface area contributed by atoms with Crippen molar-refractivity contribution in [1.82, 2.24) is 10.2 Å². The highest BCUT2D eigenvalue weighted by molar-refractivity contribution is 5.87. The average Bonchev–Trinajstić information content (AvgIpc) is 2.77. The van der Waals surface area contributed by atoms with E-state index in [0.717, 1.165) is 25.7 Å². The second-order valence-corrected chi connectivity index (χ2v) is 6.31. The van der Waals surface area contributed by atoms with Crippen molar-refractivity contribution >= 4 is 11.8 Å². The molecule has 0 bridgehead atoms. The van der Waals surface area contributed by atoms with E-state index in [2.05, 4.69) is 23.5 Å². The second-order valence-electron chi connectivity index (χ2n) is 6.31. The van der Waals surface area contributed by atoms with Gasteiger partial charge in [-0.1, -0.05) is 30.7 Å². The van der Waals surface area contributed by atoms with E-state index in [1.165, 1.54) is 18.1 Å². The van der Waals surface area contributed by atoms with E-state index in [1.54, 1.807) is 4.90 Å². The second kappa shape index (κ2) is 7.13. The van der Waals surface area contributed by atoms with Gasteiger partial charge in [0.2, 0.25) is 11.8 Å². The van der Waals surface area contributed by atoms with Crippen LogP contribution in [0.4, 0.5) is 0 Å². The number of carbonyl (C=O) groups is 2. The predicted molar refractivity (Wildman–Crippen MR) is 86.9 cm³/mol. The first-order chi connectivity index (χ1) is 11.2. The lowest BCUT2D eigenvalue weighted by Crippen LogP contribution is -2.55. The average molecular weight is 316 g/mol. The van der Waals surface area contributed by atoms with Gasteiger partial charge in [0.25, 0.3) is 0 Å². The van der Waals surface area contributed by atoms with Crippen molar-refractivity contribution in [2.24, 2.45) is 0 Å². The van der Waals surface area contributed by atoms with Crippen LogP contribution in [0.2, 0.25) is 0 Å². The van der Waals surface area contributed by atoms with Crippen molar-refractivity contribution in [3.63, 3.8) is 0 Å². The molecule has 1 aromatic carbocycles. The van der Waals surface area contributed by atoms with Crippen molar-refractivity contribution in [3.8, 4) is 0 Å². The molecular weight excluding hydrogens is 292 g/mol. The first kappa shape index (κ1) is 16.0. The fourth-order valence-electron chi connectivity index (χ4n) is 3.54. The predicted octanol–water partition coefficient (Wildman–Crippen LogP) is 1.82. The molecule has 3 rings (SSSR count). The lowest BCUT2D eigenvalue weighted by molar-refractivity contribution is -0.147. The van der Waals surface area contributed by atoms with Crippen molar-refractivity contribution in [1.29, 1.82) is 0 Å². The summed E-state index contributed by atoms with van der Waals surface area (Å²) in [5.74, 6) is -0.184. The van der Waals surface area contributed by atoms with E-state index >= 15 is 0 Å². The maximum atomic E-state index is 12.7. The first-order valence-corrected chi connectivity index (χ1v) is 8.40. The molecule has 5 heteroatoms. The van der Waals surface area contributed by atoms with Gasteiger partial charge in [-0.3, -0.25) is 9.59 Å². The first-order valence-electron chi connectivity index (χ1n) is 8.40. The third kappa shape index (κ3) is 3.55. The molecule has 0 saturated carbocycles. The normalized spacial score (nSPS) is 24.5. The van der Waals surface area contributed by atoms with Gasteiger partial charge >= 0.3 is 0 Å². The highest BCUT2D eigenvalue weighted by atomic mass is 16.5. The zero-order valence-corrected chi connectivity index (χ0v) is 13.6. The summed E-state index contributed by atoms with van der Waals surface area (Å²) in [4.78, 5) is 26.1. The molecule has 1 heterocycles. The Morgan fingerprint density at radius 1 is 1.26 bits per heavy atom. The van der Waals surface area contributed by atoms with Gasteiger partial charge in [0.1, 0.15) is 6.04 Å². The molecule has 1 saturated heterocycles. The summed E-state index contributed by atoms with van der Waals surface area (Å²) < 4.78 is 5.41. The van der Waals surface area contributed by atoms with Gasteiger partial charge in [0.05, 0.1) is 19.3 Å². The maximum absolute atomic E-state index is 12.7. The largest absolute Gasteiger partial charge is 0.377 e. The fourth-order valence-corrected chi connectivity index (χ4v) is 3.54. The number of morpholine rings is 1. The Hall–Kier alpha value is -1.88. The van der Waals surface area contributed by atoms with E-state index in [1.807, 2.05) is 6.07 Å². The number of ether oxygens (including phenoxy) is 1. The number of nitrogens with zero attached hydrogens (tertiary/aromatic N) is 1. The van der Waals surface area contributed by atoms with Crippen LogP contribution in [0, 0.1) is 0 Å². The lowest BCUT2D eigenvalue weighted by Gasteiger charge is -2.34. The van der Waals surface area contributed by atoms with Gasteiger partial charge in [0, 0.05) is 13.5 Å². The van der Waals surface area contributed by atoms with Gasteiger partial charge in [-0.2, -0.15) is 0 Å². The minimum absolute atomic E-state index is 0.0249. The van der Waals surface area contributed by atoms with Crippen LogP contribution in [0.5, 0.6) is 0 Å². The van der Waals surface area contributed by atoms with Crippen LogP contribution in [-0.4, -0.2) is 42.5 Å². The monoisotopic (exact) mass is 316 g/mol. The van der Waals surface area contributed by atoms with Crippen LogP contribution in [0.25, 0.3) is 0 Å². The molecule has 0 aromatic heterocycles. The Bertz CT molecular complexity index is 587. The van der Waals surface area contributed by atoms with Crippen LogP contribution >= 0.6 is 0 Å². The summed E-state index contributed by atoms with van der Waals surface area (Å²) in [7, 11) is 0. The molecular formula is C18H24N2O3. The Balaban J connectivity index is 1.75. The van der Waals surface area contributed by atoms with Gasteiger partial charge in [-0.05, 0) is 30.4 Å². The minimum Gasteiger partial charge on any atom is -0.377 e. The highest BCUT2D eigenvalue weighted by Crippen LogP contribution is 2.28. The molecule has 0 unspecified atom stereocenters. The molecule has 23 heavy (non-hydrogen) atoms. The Kier molecular flexibility index (Phi) is 4.96. The van der Waals surface area contributed by atoms with E-state index in [0.29, 0.717) is 13.2 Å². The van der Waals surface area contributed by atoms with Crippen LogP contribution in [0.3, 0.4) is 0 Å². The van der Waals surface area contributed by atoms with Crippen LogP contribution in [-0.2, 0) is 20.7 Å². The van der Waals surface area contributed by atoms with Gasteiger partial charge in [0.15, 0.2) is 0 Å². The molecule has 1 fully saturated rings. The van der Waals surface area contributed by atoms with E-state index in [-0.39, 0.29) is 24.5 Å². The molecule has 1 aliphatic carbocycles. The number of rotatable bonds is 2. The molecule has 124 valence electrons. The van der Waals surface area contributed by atoms with Gasteiger partial charge in [-0.25, -0.2) is 0 Å². The lowest BCUT2D eigenvalue weighted by atomic mass is 9.98. The number of amides is 2. The van der Waals surface area contributed by atoms with Crippen molar-refractivity contribution < 1.29 is 14.3 Å².